The zero-order chi connectivity index (χ0) is 39.9. The standard InChI is InChI=1S/C9H17NO.2C8H16N2O.C8H15NO.C7H14N2O/c1-7(11)8-4-3-5-9(6-8)10-2;1-6(11)7-3-8(9-2)5-10-4-7;1-6(11)8-5-7(9-2)3-4-10-8;1-6(10)7-3-4-8(5-7)9-2;1-5(10)7-3-6(8-2)4-9-7/h8-10H,3-6H2,1-2H3;2*7-10H,3-5H2,1-2H3;7-9H,3-5H2,1-2H3;6-9H,3-4H2,1-2H3. The van der Waals surface area contributed by atoms with Gasteiger partial charge >= 0.3 is 0 Å². The molecule has 0 aromatic carbocycles. The lowest BCUT2D eigenvalue weighted by molar-refractivity contribution is -0.122. The fourth-order valence-electron chi connectivity index (χ4n) is 7.66. The quantitative estimate of drug-likeness (QED) is 0.161. The van der Waals surface area contributed by atoms with E-state index in [1.54, 1.807) is 34.6 Å². The lowest BCUT2D eigenvalue weighted by Crippen LogP contribution is -2.48. The summed E-state index contributed by atoms with van der Waals surface area (Å²) >= 11 is 0. The van der Waals surface area contributed by atoms with Gasteiger partial charge in [0.2, 0.25) is 0 Å². The number of rotatable bonds is 10. The monoisotopic (exact) mass is 751 g/mol. The minimum Gasteiger partial charge on any atom is -0.317 e. The molecule has 13 heteroatoms. The molecule has 5 aliphatic rings. The van der Waals surface area contributed by atoms with E-state index in [-0.39, 0.29) is 29.6 Å². The van der Waals surface area contributed by atoms with Crippen molar-refractivity contribution in [2.75, 3.05) is 61.4 Å². The van der Waals surface area contributed by atoms with Crippen LogP contribution in [0.3, 0.4) is 0 Å². The normalized spacial score (nSPS) is 32.1. The summed E-state index contributed by atoms with van der Waals surface area (Å²) in [6, 6.07) is 2.82. The first-order valence-corrected chi connectivity index (χ1v) is 20.2. The number of hydrogen-bond acceptors (Lipinski definition) is 13. The van der Waals surface area contributed by atoms with Crippen LogP contribution in [-0.2, 0) is 24.0 Å². The number of carbonyl (C=O) groups is 5. The van der Waals surface area contributed by atoms with Gasteiger partial charge in [0.25, 0.3) is 0 Å². The average Bonchev–Trinajstić information content (AvgIpc) is 3.87. The van der Waals surface area contributed by atoms with Crippen molar-refractivity contribution in [2.45, 2.75) is 148 Å². The van der Waals surface area contributed by atoms with Crippen LogP contribution in [0.25, 0.3) is 0 Å². The largest absolute Gasteiger partial charge is 0.317 e. The number of carbonyl (C=O) groups excluding carboxylic acids is 5. The summed E-state index contributed by atoms with van der Waals surface area (Å²) in [7, 11) is 9.76. The Bertz CT molecular complexity index is 981. The molecule has 10 unspecified atom stereocenters. The zero-order valence-electron chi connectivity index (χ0n) is 34.9. The smallest absolute Gasteiger partial charge is 0.146 e. The van der Waals surface area contributed by atoms with Crippen LogP contribution in [0.15, 0.2) is 0 Å². The van der Waals surface area contributed by atoms with Gasteiger partial charge in [-0.25, -0.2) is 0 Å². The van der Waals surface area contributed by atoms with Gasteiger partial charge in [0, 0.05) is 67.6 Å². The molecule has 3 aliphatic heterocycles. The first-order chi connectivity index (χ1) is 25.2. The molecule has 5 fully saturated rings. The summed E-state index contributed by atoms with van der Waals surface area (Å²) in [4.78, 5) is 54.7. The average molecular weight is 751 g/mol. The fraction of sp³-hybridized carbons (Fsp3) is 0.875. The lowest BCUT2D eigenvalue weighted by atomic mass is 9.84. The van der Waals surface area contributed by atoms with Gasteiger partial charge in [-0.05, 0) is 141 Å². The van der Waals surface area contributed by atoms with E-state index in [4.69, 9.17) is 0 Å². The van der Waals surface area contributed by atoms with Crippen molar-refractivity contribution < 1.29 is 24.0 Å². The predicted octanol–water partition coefficient (Wildman–Crippen LogP) is 1.53. The maximum atomic E-state index is 11.0. The highest BCUT2D eigenvalue weighted by Crippen LogP contribution is 2.26. The Labute approximate surface area is 321 Å². The highest BCUT2D eigenvalue weighted by Gasteiger charge is 2.27. The number of nitrogens with one attached hydrogen (secondary N) is 8. The van der Waals surface area contributed by atoms with Gasteiger partial charge in [0.15, 0.2) is 0 Å². The molecule has 0 radical (unpaired) electrons. The van der Waals surface area contributed by atoms with Crippen LogP contribution in [-0.4, -0.2) is 133 Å². The molecule has 10 atom stereocenters. The van der Waals surface area contributed by atoms with E-state index in [1.165, 1.54) is 19.3 Å². The molecule has 0 aromatic rings. The van der Waals surface area contributed by atoms with Crippen LogP contribution in [0, 0.1) is 17.8 Å². The molecule has 2 aliphatic carbocycles. The second-order valence-electron chi connectivity index (χ2n) is 15.7. The van der Waals surface area contributed by atoms with E-state index in [2.05, 4.69) is 42.5 Å². The molecule has 3 heterocycles. The maximum absolute atomic E-state index is 11.0. The summed E-state index contributed by atoms with van der Waals surface area (Å²) in [5.41, 5.74) is 0. The van der Waals surface area contributed by atoms with Crippen LogP contribution < -0.4 is 42.5 Å². The zero-order valence-corrected chi connectivity index (χ0v) is 34.9. The molecule has 0 aromatic heterocycles. The Morgan fingerprint density at radius 2 is 0.849 bits per heavy atom. The summed E-state index contributed by atoms with van der Waals surface area (Å²) in [6.07, 6.45) is 11.9. The van der Waals surface area contributed by atoms with Crippen molar-refractivity contribution in [1.29, 1.82) is 0 Å². The van der Waals surface area contributed by atoms with E-state index >= 15 is 0 Å². The minimum atomic E-state index is 0.0844. The molecule has 2 saturated carbocycles. The van der Waals surface area contributed by atoms with Gasteiger partial charge in [-0.1, -0.05) is 6.42 Å². The molecule has 8 N–H and O–H groups in total. The second-order valence-corrected chi connectivity index (χ2v) is 15.7. The molecular weight excluding hydrogens is 672 g/mol. The van der Waals surface area contributed by atoms with Crippen molar-refractivity contribution in [3.05, 3.63) is 0 Å². The van der Waals surface area contributed by atoms with Gasteiger partial charge in [0.1, 0.15) is 28.9 Å². The van der Waals surface area contributed by atoms with E-state index < -0.39 is 0 Å². The summed E-state index contributed by atoms with van der Waals surface area (Å²) < 4.78 is 0. The SMILES string of the molecule is CNC1CCC(C(C)=O)C1.CNC1CCCC(C(C)=O)C1.CNC1CCNC(C(C)=O)C1.CNC1CNC(C(C)=O)C1.CNC1CNCC(C(C)=O)C1. The van der Waals surface area contributed by atoms with Crippen molar-refractivity contribution in [2.24, 2.45) is 17.8 Å². The topological polar surface area (TPSA) is 182 Å². The van der Waals surface area contributed by atoms with Crippen molar-refractivity contribution >= 4 is 28.9 Å². The van der Waals surface area contributed by atoms with Crippen LogP contribution >= 0.6 is 0 Å². The molecule has 0 bridgehead atoms. The predicted molar refractivity (Wildman–Crippen MR) is 215 cm³/mol. The van der Waals surface area contributed by atoms with E-state index in [0.29, 0.717) is 59.4 Å². The third-order valence-corrected chi connectivity index (χ3v) is 11.7. The molecule has 5 rings (SSSR count). The highest BCUT2D eigenvalue weighted by molar-refractivity contribution is 5.82. The maximum Gasteiger partial charge on any atom is 0.146 e. The number of piperidine rings is 2. The van der Waals surface area contributed by atoms with Crippen LogP contribution in [0.5, 0.6) is 0 Å². The van der Waals surface area contributed by atoms with Crippen LogP contribution in [0.2, 0.25) is 0 Å². The molecule has 0 amide bonds. The number of hydrogen-bond donors (Lipinski definition) is 8. The van der Waals surface area contributed by atoms with Gasteiger partial charge in [0.05, 0.1) is 12.1 Å². The van der Waals surface area contributed by atoms with Gasteiger partial charge < -0.3 is 42.5 Å². The van der Waals surface area contributed by atoms with Crippen molar-refractivity contribution in [3.8, 4) is 0 Å². The molecule has 308 valence electrons. The fourth-order valence-corrected chi connectivity index (χ4v) is 7.66. The first-order valence-electron chi connectivity index (χ1n) is 20.2. The molecule has 53 heavy (non-hydrogen) atoms. The van der Waals surface area contributed by atoms with Gasteiger partial charge in [-0.15, -0.1) is 0 Å². The van der Waals surface area contributed by atoms with Crippen molar-refractivity contribution in [1.82, 2.24) is 42.5 Å². The number of likely N-dealkylation sites (N-methyl/N-ethyl adjacent to an activating group) is 2. The van der Waals surface area contributed by atoms with Crippen LogP contribution in [0.4, 0.5) is 0 Å². The third-order valence-electron chi connectivity index (χ3n) is 11.7. The Morgan fingerprint density at radius 1 is 0.415 bits per heavy atom. The van der Waals surface area contributed by atoms with Crippen LogP contribution in [0.1, 0.15) is 105 Å². The molecule has 0 spiro atoms. The Kier molecular flexibility index (Phi) is 25.5. The molecule has 3 saturated heterocycles. The molecular formula is C40H78N8O5. The lowest BCUT2D eigenvalue weighted by Gasteiger charge is -2.28. The van der Waals surface area contributed by atoms with E-state index in [1.807, 2.05) is 35.2 Å². The van der Waals surface area contributed by atoms with E-state index in [9.17, 15) is 24.0 Å². The van der Waals surface area contributed by atoms with Crippen molar-refractivity contribution in [3.63, 3.8) is 0 Å². The highest BCUT2D eigenvalue weighted by atomic mass is 16.1. The second kappa shape index (κ2) is 27.6. The summed E-state index contributed by atoms with van der Waals surface area (Å²) in [5, 5.41) is 25.5. The Balaban J connectivity index is 0.000000331. The number of Topliss-reactive ketones (excluding diaryl/α,β-unsaturated/α-hetero) is 5. The Hall–Kier alpha value is -1.97. The Morgan fingerprint density at radius 3 is 1.28 bits per heavy atom. The van der Waals surface area contributed by atoms with E-state index in [0.717, 1.165) is 77.5 Å². The summed E-state index contributed by atoms with van der Waals surface area (Å²) in [5.74, 6) is 2.43. The summed E-state index contributed by atoms with van der Waals surface area (Å²) in [6.45, 7) is 12.1. The third kappa shape index (κ3) is 20.0. The first kappa shape index (κ1) is 49.0. The minimum absolute atomic E-state index is 0.0844. The van der Waals surface area contributed by atoms with Gasteiger partial charge in [-0.2, -0.15) is 0 Å². The van der Waals surface area contributed by atoms with Gasteiger partial charge in [-0.3, -0.25) is 24.0 Å². The number of ketones is 5. The molecule has 13 nitrogen and oxygen atoms in total.